The fraction of sp³-hybridized carbons (Fsp3) is 0.0714. The van der Waals surface area contributed by atoms with Gasteiger partial charge in [-0.15, -0.1) is 0 Å². The van der Waals surface area contributed by atoms with Crippen molar-refractivity contribution >= 4 is 37.4 Å². The van der Waals surface area contributed by atoms with E-state index in [-0.39, 0.29) is 10.7 Å². The first kappa shape index (κ1) is 14.7. The van der Waals surface area contributed by atoms with Crippen LogP contribution in [0, 0.1) is 0 Å². The number of sulfonamides is 1. The van der Waals surface area contributed by atoms with Gasteiger partial charge in [-0.3, -0.25) is 9.52 Å². The summed E-state index contributed by atoms with van der Waals surface area (Å²) in [4.78, 5) is 11.4. The van der Waals surface area contributed by atoms with E-state index >= 15 is 0 Å². The molecule has 1 N–H and O–H groups in total. The van der Waals surface area contributed by atoms with Crippen LogP contribution in [0.2, 0.25) is 0 Å². The molecule has 0 spiro atoms. The molecular formula is C14H12BrNO3S. The van der Waals surface area contributed by atoms with E-state index in [1.807, 2.05) is 0 Å². The van der Waals surface area contributed by atoms with E-state index in [4.69, 9.17) is 0 Å². The van der Waals surface area contributed by atoms with Crippen LogP contribution >= 0.6 is 15.9 Å². The molecule has 0 unspecified atom stereocenters. The summed E-state index contributed by atoms with van der Waals surface area (Å²) in [5.41, 5.74) is 0.811. The Kier molecular flexibility index (Phi) is 4.25. The summed E-state index contributed by atoms with van der Waals surface area (Å²) in [5.74, 6) is -0.119. The monoisotopic (exact) mass is 353 g/mol. The minimum atomic E-state index is -3.69. The number of hydrogen-bond acceptors (Lipinski definition) is 3. The maximum absolute atomic E-state index is 12.3. The van der Waals surface area contributed by atoms with E-state index in [1.54, 1.807) is 36.4 Å². The van der Waals surface area contributed by atoms with Crippen LogP contribution in [0.25, 0.3) is 0 Å². The smallest absolute Gasteiger partial charge is 0.263 e. The van der Waals surface area contributed by atoms with Crippen LogP contribution in [-0.2, 0) is 10.0 Å². The van der Waals surface area contributed by atoms with E-state index in [0.29, 0.717) is 15.7 Å². The predicted octanol–water partition coefficient (Wildman–Crippen LogP) is 3.45. The van der Waals surface area contributed by atoms with Crippen molar-refractivity contribution in [2.24, 2.45) is 0 Å². The van der Waals surface area contributed by atoms with Gasteiger partial charge in [0.15, 0.2) is 5.78 Å². The van der Waals surface area contributed by atoms with Crippen molar-refractivity contribution in [3.05, 3.63) is 58.6 Å². The highest BCUT2D eigenvalue weighted by atomic mass is 79.9. The molecule has 0 heterocycles. The number of rotatable bonds is 4. The minimum absolute atomic E-state index is 0.119. The lowest BCUT2D eigenvalue weighted by Crippen LogP contribution is -2.13. The van der Waals surface area contributed by atoms with Gasteiger partial charge in [-0.2, -0.15) is 0 Å². The number of carbonyl (C=O) groups excluding carboxylic acids is 1. The van der Waals surface area contributed by atoms with E-state index in [9.17, 15) is 13.2 Å². The molecule has 2 rings (SSSR count). The molecule has 20 heavy (non-hydrogen) atoms. The van der Waals surface area contributed by atoms with Crippen LogP contribution in [0.3, 0.4) is 0 Å². The minimum Gasteiger partial charge on any atom is -0.295 e. The Bertz CT molecular complexity index is 757. The summed E-state index contributed by atoms with van der Waals surface area (Å²) in [5, 5.41) is 0. The molecule has 2 aromatic rings. The predicted molar refractivity (Wildman–Crippen MR) is 81.4 cm³/mol. The molecular weight excluding hydrogens is 342 g/mol. The average Bonchev–Trinajstić information content (AvgIpc) is 2.38. The van der Waals surface area contributed by atoms with Crippen molar-refractivity contribution < 1.29 is 13.2 Å². The van der Waals surface area contributed by atoms with Crippen LogP contribution in [0.15, 0.2) is 57.9 Å². The molecule has 2 aromatic carbocycles. The van der Waals surface area contributed by atoms with Crippen LogP contribution in [0.5, 0.6) is 0 Å². The van der Waals surface area contributed by atoms with Crippen molar-refractivity contribution in [2.45, 2.75) is 11.8 Å². The molecule has 0 aliphatic rings. The van der Waals surface area contributed by atoms with Gasteiger partial charge in [-0.05, 0) is 47.1 Å². The number of nitrogens with one attached hydrogen (secondary N) is 1. The van der Waals surface area contributed by atoms with Gasteiger partial charge in [0.2, 0.25) is 0 Å². The van der Waals surface area contributed by atoms with E-state index in [1.165, 1.54) is 19.1 Å². The number of carbonyl (C=O) groups is 1. The third-order valence-corrected chi connectivity index (χ3v) is 5.04. The first-order valence-corrected chi connectivity index (χ1v) is 8.06. The third kappa shape index (κ3) is 3.26. The highest BCUT2D eigenvalue weighted by molar-refractivity contribution is 9.10. The van der Waals surface area contributed by atoms with Crippen LogP contribution in [0.1, 0.15) is 17.3 Å². The van der Waals surface area contributed by atoms with Gasteiger partial charge in [0, 0.05) is 15.7 Å². The van der Waals surface area contributed by atoms with Crippen LogP contribution < -0.4 is 4.72 Å². The Morgan fingerprint density at radius 2 is 1.80 bits per heavy atom. The molecule has 0 amide bonds. The molecule has 0 atom stereocenters. The second-order valence-electron chi connectivity index (χ2n) is 4.17. The Balaban J connectivity index is 2.36. The van der Waals surface area contributed by atoms with Gasteiger partial charge < -0.3 is 0 Å². The molecule has 4 nitrogen and oxygen atoms in total. The fourth-order valence-corrected chi connectivity index (χ4v) is 3.73. The SMILES string of the molecule is CC(=O)c1cccc(NS(=O)(=O)c2ccccc2Br)c1. The lowest BCUT2D eigenvalue weighted by atomic mass is 10.1. The molecule has 0 aliphatic carbocycles. The van der Waals surface area contributed by atoms with Crippen LogP contribution in [0.4, 0.5) is 5.69 Å². The first-order valence-electron chi connectivity index (χ1n) is 5.78. The maximum Gasteiger partial charge on any atom is 0.263 e. The lowest BCUT2D eigenvalue weighted by molar-refractivity contribution is 0.101. The number of halogens is 1. The lowest BCUT2D eigenvalue weighted by Gasteiger charge is -2.10. The topological polar surface area (TPSA) is 63.2 Å². The van der Waals surface area contributed by atoms with Crippen molar-refractivity contribution in [3.63, 3.8) is 0 Å². The summed E-state index contributed by atoms with van der Waals surface area (Å²) in [6.07, 6.45) is 0. The number of hydrogen-bond donors (Lipinski definition) is 1. The van der Waals surface area contributed by atoms with E-state index in [2.05, 4.69) is 20.7 Å². The zero-order valence-corrected chi connectivity index (χ0v) is 13.0. The molecule has 0 fully saturated rings. The zero-order chi connectivity index (χ0) is 14.8. The third-order valence-electron chi connectivity index (χ3n) is 2.65. The molecule has 0 aromatic heterocycles. The molecule has 104 valence electrons. The normalized spacial score (nSPS) is 11.1. The quantitative estimate of drug-likeness (QED) is 0.856. The van der Waals surface area contributed by atoms with E-state index in [0.717, 1.165) is 0 Å². The number of benzene rings is 2. The number of Topliss-reactive ketones (excluding diaryl/α,β-unsaturated/α-hetero) is 1. The molecule has 0 aliphatic heterocycles. The fourth-order valence-electron chi connectivity index (χ4n) is 1.67. The van der Waals surface area contributed by atoms with Gasteiger partial charge >= 0.3 is 0 Å². The van der Waals surface area contributed by atoms with Gasteiger partial charge in [-0.25, -0.2) is 8.42 Å². The largest absolute Gasteiger partial charge is 0.295 e. The van der Waals surface area contributed by atoms with Crippen molar-refractivity contribution in [1.82, 2.24) is 0 Å². The summed E-state index contributed by atoms with van der Waals surface area (Å²) in [6, 6.07) is 12.9. The summed E-state index contributed by atoms with van der Waals surface area (Å²) in [7, 11) is -3.69. The van der Waals surface area contributed by atoms with Gasteiger partial charge in [0.25, 0.3) is 10.0 Å². The molecule has 0 radical (unpaired) electrons. The molecule has 6 heteroatoms. The Morgan fingerprint density at radius 1 is 1.10 bits per heavy atom. The second-order valence-corrected chi connectivity index (χ2v) is 6.68. The summed E-state index contributed by atoms with van der Waals surface area (Å²) in [6.45, 7) is 1.43. The summed E-state index contributed by atoms with van der Waals surface area (Å²) >= 11 is 3.21. The van der Waals surface area contributed by atoms with Gasteiger partial charge in [0.1, 0.15) is 4.90 Å². The molecule has 0 saturated carbocycles. The number of anilines is 1. The summed E-state index contributed by atoms with van der Waals surface area (Å²) < 4.78 is 27.5. The Labute approximate surface area is 126 Å². The van der Waals surface area contributed by atoms with Crippen molar-refractivity contribution in [1.29, 1.82) is 0 Å². The highest BCUT2D eigenvalue weighted by Crippen LogP contribution is 2.24. The standard InChI is InChI=1S/C14H12BrNO3S/c1-10(17)11-5-4-6-12(9-11)16-20(18,19)14-8-3-2-7-13(14)15/h2-9,16H,1H3. The van der Waals surface area contributed by atoms with E-state index < -0.39 is 10.0 Å². The van der Waals surface area contributed by atoms with Crippen molar-refractivity contribution in [3.8, 4) is 0 Å². The molecule has 0 saturated heterocycles. The Hall–Kier alpha value is -1.66. The van der Waals surface area contributed by atoms with Gasteiger partial charge in [0.05, 0.1) is 0 Å². The maximum atomic E-state index is 12.3. The van der Waals surface area contributed by atoms with Crippen molar-refractivity contribution in [2.75, 3.05) is 4.72 Å². The Morgan fingerprint density at radius 3 is 2.45 bits per heavy atom. The van der Waals surface area contributed by atoms with Crippen LogP contribution in [-0.4, -0.2) is 14.2 Å². The molecule has 0 bridgehead atoms. The highest BCUT2D eigenvalue weighted by Gasteiger charge is 2.17. The second kappa shape index (κ2) is 5.76. The number of ketones is 1. The van der Waals surface area contributed by atoms with Gasteiger partial charge in [-0.1, -0.05) is 24.3 Å². The average molecular weight is 354 g/mol. The zero-order valence-electron chi connectivity index (χ0n) is 10.6. The first-order chi connectivity index (χ1) is 9.40.